The average Bonchev–Trinajstić information content (AvgIpc) is 2.23. The standard InChI is InChI=1S/C11H7Cl3N2/c12-6-4-9(15)11(16-5-6)7-2-1-3-8(13)10(7)14/h1-5H,15H2. The molecule has 2 N–H and O–H groups in total. The molecule has 2 nitrogen and oxygen atoms in total. The molecule has 0 aliphatic carbocycles. The number of rotatable bonds is 1. The van der Waals surface area contributed by atoms with Crippen LogP contribution < -0.4 is 5.73 Å². The predicted octanol–water partition coefficient (Wildman–Crippen LogP) is 4.29. The quantitative estimate of drug-likeness (QED) is 0.842. The highest BCUT2D eigenvalue weighted by Crippen LogP contribution is 2.35. The Morgan fingerprint density at radius 1 is 1.12 bits per heavy atom. The number of aromatic nitrogens is 1. The van der Waals surface area contributed by atoms with Gasteiger partial charge in [0.05, 0.1) is 26.4 Å². The average molecular weight is 274 g/mol. The first-order valence-corrected chi connectivity index (χ1v) is 5.58. The molecule has 0 saturated carbocycles. The molecule has 1 aromatic carbocycles. The van der Waals surface area contributed by atoms with Gasteiger partial charge in [-0.05, 0) is 12.1 Å². The van der Waals surface area contributed by atoms with Crippen LogP contribution >= 0.6 is 34.8 Å². The van der Waals surface area contributed by atoms with Gasteiger partial charge in [0, 0.05) is 11.8 Å². The van der Waals surface area contributed by atoms with Crippen LogP contribution in [0.3, 0.4) is 0 Å². The maximum absolute atomic E-state index is 6.08. The van der Waals surface area contributed by atoms with E-state index in [-0.39, 0.29) is 0 Å². The van der Waals surface area contributed by atoms with Crippen molar-refractivity contribution >= 4 is 40.5 Å². The third-order valence-electron chi connectivity index (χ3n) is 2.09. The summed E-state index contributed by atoms with van der Waals surface area (Å²) in [5.41, 5.74) is 7.57. The maximum atomic E-state index is 6.08. The second kappa shape index (κ2) is 4.50. The summed E-state index contributed by atoms with van der Waals surface area (Å²) in [5.74, 6) is 0. The van der Waals surface area contributed by atoms with Crippen LogP contribution in [0.25, 0.3) is 11.3 Å². The third kappa shape index (κ3) is 2.09. The van der Waals surface area contributed by atoms with E-state index in [0.29, 0.717) is 32.0 Å². The first-order valence-electron chi connectivity index (χ1n) is 4.45. The first-order chi connectivity index (χ1) is 7.59. The number of nitrogens with zero attached hydrogens (tertiary/aromatic N) is 1. The van der Waals surface area contributed by atoms with Crippen molar-refractivity contribution in [3.63, 3.8) is 0 Å². The van der Waals surface area contributed by atoms with Crippen LogP contribution in [-0.4, -0.2) is 4.98 Å². The van der Waals surface area contributed by atoms with Crippen molar-refractivity contribution in [1.82, 2.24) is 4.98 Å². The minimum atomic E-state index is 0.436. The molecule has 0 amide bonds. The molecule has 0 bridgehead atoms. The molecule has 0 fully saturated rings. The lowest BCUT2D eigenvalue weighted by molar-refractivity contribution is 1.33. The minimum absolute atomic E-state index is 0.436. The van der Waals surface area contributed by atoms with Crippen LogP contribution in [0.5, 0.6) is 0 Å². The highest BCUT2D eigenvalue weighted by Gasteiger charge is 2.11. The van der Waals surface area contributed by atoms with E-state index in [9.17, 15) is 0 Å². The van der Waals surface area contributed by atoms with E-state index in [0.717, 1.165) is 0 Å². The topological polar surface area (TPSA) is 38.9 Å². The molecule has 0 radical (unpaired) electrons. The van der Waals surface area contributed by atoms with Gasteiger partial charge in [0.2, 0.25) is 0 Å². The van der Waals surface area contributed by atoms with Crippen molar-refractivity contribution in [3.05, 3.63) is 45.5 Å². The summed E-state index contributed by atoms with van der Waals surface area (Å²) in [5, 5.41) is 1.39. The van der Waals surface area contributed by atoms with E-state index in [2.05, 4.69) is 4.98 Å². The van der Waals surface area contributed by atoms with Crippen LogP contribution in [0.15, 0.2) is 30.5 Å². The van der Waals surface area contributed by atoms with Crippen molar-refractivity contribution < 1.29 is 0 Å². The van der Waals surface area contributed by atoms with Crippen molar-refractivity contribution in [3.8, 4) is 11.3 Å². The van der Waals surface area contributed by atoms with Gasteiger partial charge >= 0.3 is 0 Å². The van der Waals surface area contributed by atoms with Crippen LogP contribution in [0, 0.1) is 0 Å². The van der Waals surface area contributed by atoms with Crippen molar-refractivity contribution in [2.24, 2.45) is 0 Å². The summed E-state index contributed by atoms with van der Waals surface area (Å²) in [6.45, 7) is 0. The van der Waals surface area contributed by atoms with E-state index >= 15 is 0 Å². The van der Waals surface area contributed by atoms with Gasteiger partial charge in [-0.25, -0.2) is 0 Å². The monoisotopic (exact) mass is 272 g/mol. The summed E-state index contributed by atoms with van der Waals surface area (Å²) in [7, 11) is 0. The lowest BCUT2D eigenvalue weighted by Crippen LogP contribution is -1.94. The summed E-state index contributed by atoms with van der Waals surface area (Å²) in [6.07, 6.45) is 1.52. The lowest BCUT2D eigenvalue weighted by atomic mass is 10.1. The Labute approximate surface area is 108 Å². The Morgan fingerprint density at radius 3 is 2.56 bits per heavy atom. The predicted molar refractivity (Wildman–Crippen MR) is 69.1 cm³/mol. The highest BCUT2D eigenvalue weighted by atomic mass is 35.5. The van der Waals surface area contributed by atoms with Gasteiger partial charge in [-0.2, -0.15) is 0 Å². The smallest absolute Gasteiger partial charge is 0.0947 e. The number of hydrogen-bond donors (Lipinski definition) is 1. The highest BCUT2D eigenvalue weighted by molar-refractivity contribution is 6.43. The number of nitrogen functional groups attached to an aromatic ring is 1. The fourth-order valence-electron chi connectivity index (χ4n) is 1.37. The van der Waals surface area contributed by atoms with E-state index in [4.69, 9.17) is 40.5 Å². The molecular weight excluding hydrogens is 266 g/mol. The zero-order chi connectivity index (χ0) is 11.7. The zero-order valence-corrected chi connectivity index (χ0v) is 10.3. The number of hydrogen-bond acceptors (Lipinski definition) is 2. The molecule has 2 aromatic rings. The van der Waals surface area contributed by atoms with Crippen molar-refractivity contribution in [2.45, 2.75) is 0 Å². The Hall–Kier alpha value is -0.960. The Kier molecular flexibility index (Phi) is 3.24. The van der Waals surface area contributed by atoms with E-state index in [1.54, 1.807) is 24.3 Å². The zero-order valence-electron chi connectivity index (χ0n) is 8.05. The molecule has 5 heteroatoms. The number of pyridine rings is 1. The summed E-state index contributed by atoms with van der Waals surface area (Å²) in [4.78, 5) is 4.15. The van der Waals surface area contributed by atoms with Crippen LogP contribution in [-0.2, 0) is 0 Å². The molecular formula is C11H7Cl3N2. The van der Waals surface area contributed by atoms with Gasteiger partial charge in [0.15, 0.2) is 0 Å². The lowest BCUT2D eigenvalue weighted by Gasteiger charge is -2.07. The minimum Gasteiger partial charge on any atom is -0.397 e. The molecule has 82 valence electrons. The van der Waals surface area contributed by atoms with Gasteiger partial charge in [0.25, 0.3) is 0 Å². The second-order valence-electron chi connectivity index (χ2n) is 3.19. The Bertz CT molecular complexity index is 541. The number of nitrogens with two attached hydrogens (primary N) is 1. The third-order valence-corrected chi connectivity index (χ3v) is 3.12. The van der Waals surface area contributed by atoms with Crippen molar-refractivity contribution in [2.75, 3.05) is 5.73 Å². The van der Waals surface area contributed by atoms with Gasteiger partial charge < -0.3 is 5.73 Å². The first kappa shape index (κ1) is 11.5. The van der Waals surface area contributed by atoms with E-state index in [1.165, 1.54) is 6.20 Å². The van der Waals surface area contributed by atoms with Gasteiger partial charge in [-0.3, -0.25) is 4.98 Å². The molecule has 0 unspecified atom stereocenters. The molecule has 16 heavy (non-hydrogen) atoms. The molecule has 1 heterocycles. The Balaban J connectivity index is 2.63. The van der Waals surface area contributed by atoms with Crippen LogP contribution in [0.4, 0.5) is 5.69 Å². The largest absolute Gasteiger partial charge is 0.397 e. The van der Waals surface area contributed by atoms with Crippen LogP contribution in [0.1, 0.15) is 0 Å². The fourth-order valence-corrected chi connectivity index (χ4v) is 1.92. The maximum Gasteiger partial charge on any atom is 0.0947 e. The molecule has 0 atom stereocenters. The van der Waals surface area contributed by atoms with Crippen LogP contribution in [0.2, 0.25) is 15.1 Å². The molecule has 0 aliphatic heterocycles. The SMILES string of the molecule is Nc1cc(Cl)cnc1-c1cccc(Cl)c1Cl. The van der Waals surface area contributed by atoms with Crippen molar-refractivity contribution in [1.29, 1.82) is 0 Å². The Morgan fingerprint density at radius 2 is 1.88 bits per heavy atom. The summed E-state index contributed by atoms with van der Waals surface area (Å²) < 4.78 is 0. The fraction of sp³-hybridized carbons (Fsp3) is 0. The van der Waals surface area contributed by atoms with Gasteiger partial charge in [-0.1, -0.05) is 46.9 Å². The van der Waals surface area contributed by atoms with Gasteiger partial charge in [-0.15, -0.1) is 0 Å². The normalized spacial score (nSPS) is 10.4. The number of anilines is 1. The van der Waals surface area contributed by atoms with E-state index in [1.807, 2.05) is 0 Å². The number of benzene rings is 1. The van der Waals surface area contributed by atoms with E-state index < -0.39 is 0 Å². The summed E-state index contributed by atoms with van der Waals surface area (Å²) in [6, 6.07) is 6.93. The molecule has 2 rings (SSSR count). The van der Waals surface area contributed by atoms with Gasteiger partial charge in [0.1, 0.15) is 0 Å². The molecule has 0 aliphatic rings. The number of halogens is 3. The summed E-state index contributed by atoms with van der Waals surface area (Å²) >= 11 is 17.8. The molecule has 0 saturated heterocycles. The second-order valence-corrected chi connectivity index (χ2v) is 4.41. The molecule has 0 spiro atoms. The molecule has 1 aromatic heterocycles.